The summed E-state index contributed by atoms with van der Waals surface area (Å²) in [4.78, 5) is 31.9. The maximum Gasteiger partial charge on any atom is 0.290 e. The van der Waals surface area contributed by atoms with Crippen molar-refractivity contribution in [2.24, 2.45) is 0 Å². The highest BCUT2D eigenvalue weighted by Crippen LogP contribution is 2.32. The van der Waals surface area contributed by atoms with Crippen LogP contribution in [0.5, 0.6) is 11.5 Å². The lowest BCUT2D eigenvalue weighted by Gasteiger charge is -2.18. The van der Waals surface area contributed by atoms with E-state index in [0.29, 0.717) is 49.0 Å². The second-order valence-electron chi connectivity index (χ2n) is 6.53. The first-order valence-electron chi connectivity index (χ1n) is 9.59. The van der Waals surface area contributed by atoms with E-state index >= 15 is 0 Å². The molecule has 0 spiro atoms. The van der Waals surface area contributed by atoms with Crippen LogP contribution in [0.15, 0.2) is 42.6 Å². The minimum Gasteiger partial charge on any atom is -0.486 e. The van der Waals surface area contributed by atoms with E-state index in [-0.39, 0.29) is 17.4 Å². The number of pyridine rings is 1. The first kappa shape index (κ1) is 18.8. The molecule has 29 heavy (non-hydrogen) atoms. The number of nitrogens with one attached hydrogen (secondary N) is 1. The lowest BCUT2D eigenvalue weighted by molar-refractivity contribution is 0.0760. The summed E-state index contributed by atoms with van der Waals surface area (Å²) in [6.45, 7) is 5.92. The largest absolute Gasteiger partial charge is 0.486 e. The van der Waals surface area contributed by atoms with Crippen LogP contribution in [0, 0.1) is 0 Å². The van der Waals surface area contributed by atoms with Gasteiger partial charge in [0.05, 0.1) is 5.52 Å². The molecule has 1 aromatic carbocycles. The molecule has 4 rings (SSSR count). The number of rotatable bonds is 5. The van der Waals surface area contributed by atoms with E-state index in [1.54, 1.807) is 45.8 Å². The molecular weight excluding hydrogens is 372 g/mol. The van der Waals surface area contributed by atoms with Crippen LogP contribution in [0.25, 0.3) is 5.52 Å². The number of nitrogens with zero attached hydrogens (tertiary/aromatic N) is 3. The summed E-state index contributed by atoms with van der Waals surface area (Å²) in [5, 5.41) is 2.83. The molecule has 0 aliphatic carbocycles. The van der Waals surface area contributed by atoms with Gasteiger partial charge in [-0.25, -0.2) is 4.98 Å². The van der Waals surface area contributed by atoms with Crippen LogP contribution in [-0.4, -0.2) is 52.4 Å². The SMILES string of the molecule is CCN(CC)C(=O)c1nc(C(=O)Nc2ccc3c(c2)OCCO3)c2ccccn12. The van der Waals surface area contributed by atoms with Crippen LogP contribution < -0.4 is 14.8 Å². The first-order chi connectivity index (χ1) is 14.1. The number of carbonyl (C=O) groups is 2. The molecule has 1 aliphatic heterocycles. The predicted molar refractivity (Wildman–Crippen MR) is 108 cm³/mol. The van der Waals surface area contributed by atoms with Gasteiger partial charge in [-0.15, -0.1) is 0 Å². The Kier molecular flexibility index (Phi) is 5.07. The van der Waals surface area contributed by atoms with Gasteiger partial charge in [-0.2, -0.15) is 0 Å². The lowest BCUT2D eigenvalue weighted by Crippen LogP contribution is -2.32. The molecular formula is C21H22N4O4. The fourth-order valence-electron chi connectivity index (χ4n) is 3.32. The molecule has 0 bridgehead atoms. The normalized spacial score (nSPS) is 12.6. The predicted octanol–water partition coefficient (Wildman–Crippen LogP) is 2.84. The molecule has 0 unspecified atom stereocenters. The standard InChI is InChI=1S/C21H22N4O4/c1-3-24(4-2)21(27)19-23-18(15-7-5-6-10-25(15)19)20(26)22-14-8-9-16-17(13-14)29-12-11-28-16/h5-10,13H,3-4,11-12H2,1-2H3,(H,22,26). The Labute approximate surface area is 168 Å². The molecule has 3 heterocycles. The van der Waals surface area contributed by atoms with Gasteiger partial charge in [-0.3, -0.25) is 14.0 Å². The Bertz CT molecular complexity index is 1070. The lowest BCUT2D eigenvalue weighted by atomic mass is 10.2. The van der Waals surface area contributed by atoms with Crippen LogP contribution in [0.1, 0.15) is 35.0 Å². The number of carbonyl (C=O) groups excluding carboxylic acids is 2. The van der Waals surface area contributed by atoms with Crippen molar-refractivity contribution in [3.05, 3.63) is 54.1 Å². The van der Waals surface area contributed by atoms with E-state index in [1.165, 1.54) is 0 Å². The fraction of sp³-hybridized carbons (Fsp3) is 0.286. The van der Waals surface area contributed by atoms with Crippen molar-refractivity contribution in [3.63, 3.8) is 0 Å². The van der Waals surface area contributed by atoms with Gasteiger partial charge in [0, 0.05) is 31.0 Å². The monoisotopic (exact) mass is 394 g/mol. The molecule has 2 aromatic heterocycles. The smallest absolute Gasteiger partial charge is 0.290 e. The van der Waals surface area contributed by atoms with Crippen LogP contribution in [0.2, 0.25) is 0 Å². The fourth-order valence-corrected chi connectivity index (χ4v) is 3.32. The van der Waals surface area contributed by atoms with Crippen LogP contribution >= 0.6 is 0 Å². The van der Waals surface area contributed by atoms with E-state index in [1.807, 2.05) is 19.9 Å². The van der Waals surface area contributed by atoms with Gasteiger partial charge in [0.25, 0.3) is 11.8 Å². The highest BCUT2D eigenvalue weighted by molar-refractivity contribution is 6.09. The average molecular weight is 394 g/mol. The third-order valence-electron chi connectivity index (χ3n) is 4.81. The first-order valence-corrected chi connectivity index (χ1v) is 9.59. The zero-order valence-corrected chi connectivity index (χ0v) is 16.3. The Balaban J connectivity index is 1.67. The van der Waals surface area contributed by atoms with Crippen molar-refractivity contribution in [1.82, 2.24) is 14.3 Å². The quantitative estimate of drug-likeness (QED) is 0.719. The Hall–Kier alpha value is -3.55. The number of hydrogen-bond donors (Lipinski definition) is 1. The number of amides is 2. The van der Waals surface area contributed by atoms with E-state index in [2.05, 4.69) is 10.3 Å². The third kappa shape index (κ3) is 3.49. The topological polar surface area (TPSA) is 85.2 Å². The van der Waals surface area contributed by atoms with Gasteiger partial charge >= 0.3 is 0 Å². The summed E-state index contributed by atoms with van der Waals surface area (Å²) < 4.78 is 12.7. The molecule has 1 aliphatic rings. The third-order valence-corrected chi connectivity index (χ3v) is 4.81. The van der Waals surface area contributed by atoms with E-state index in [0.717, 1.165) is 0 Å². The molecule has 8 heteroatoms. The molecule has 0 saturated carbocycles. The summed E-state index contributed by atoms with van der Waals surface area (Å²) in [6.07, 6.45) is 1.74. The maximum atomic E-state index is 13.0. The van der Waals surface area contributed by atoms with Crippen molar-refractivity contribution in [2.45, 2.75) is 13.8 Å². The molecule has 0 fully saturated rings. The number of anilines is 1. The molecule has 0 atom stereocenters. The van der Waals surface area contributed by atoms with Crippen molar-refractivity contribution in [2.75, 3.05) is 31.6 Å². The van der Waals surface area contributed by atoms with Gasteiger partial charge in [-0.1, -0.05) is 6.07 Å². The summed E-state index contributed by atoms with van der Waals surface area (Å²) in [5.74, 6) is 0.838. The number of hydrogen-bond acceptors (Lipinski definition) is 5. The Morgan fingerprint density at radius 2 is 1.86 bits per heavy atom. The van der Waals surface area contributed by atoms with Gasteiger partial charge in [-0.05, 0) is 38.1 Å². The molecule has 2 amide bonds. The van der Waals surface area contributed by atoms with Crippen LogP contribution in [-0.2, 0) is 0 Å². The summed E-state index contributed by atoms with van der Waals surface area (Å²) in [6, 6.07) is 10.6. The highest BCUT2D eigenvalue weighted by Gasteiger charge is 2.24. The van der Waals surface area contributed by atoms with E-state index < -0.39 is 5.91 Å². The average Bonchev–Trinajstić information content (AvgIpc) is 3.14. The molecule has 1 N–H and O–H groups in total. The van der Waals surface area contributed by atoms with E-state index in [9.17, 15) is 9.59 Å². The molecule has 0 saturated heterocycles. The second kappa shape index (κ2) is 7.83. The second-order valence-corrected chi connectivity index (χ2v) is 6.53. The van der Waals surface area contributed by atoms with Crippen LogP contribution in [0.3, 0.4) is 0 Å². The van der Waals surface area contributed by atoms with Gasteiger partial charge < -0.3 is 19.7 Å². The zero-order valence-electron chi connectivity index (χ0n) is 16.3. The highest BCUT2D eigenvalue weighted by atomic mass is 16.6. The molecule has 150 valence electrons. The van der Waals surface area contributed by atoms with Gasteiger partial charge in [0.15, 0.2) is 17.2 Å². The number of imidazole rings is 1. The van der Waals surface area contributed by atoms with Crippen molar-refractivity contribution in [1.29, 1.82) is 0 Å². The van der Waals surface area contributed by atoms with Crippen molar-refractivity contribution in [3.8, 4) is 11.5 Å². The number of benzene rings is 1. The van der Waals surface area contributed by atoms with Crippen LogP contribution in [0.4, 0.5) is 5.69 Å². The minimum absolute atomic E-state index is 0.191. The summed E-state index contributed by atoms with van der Waals surface area (Å²) >= 11 is 0. The van der Waals surface area contributed by atoms with Gasteiger partial charge in [0.2, 0.25) is 5.82 Å². The summed E-state index contributed by atoms with van der Waals surface area (Å²) in [7, 11) is 0. The van der Waals surface area contributed by atoms with Gasteiger partial charge in [0.1, 0.15) is 13.2 Å². The van der Waals surface area contributed by atoms with Crippen molar-refractivity contribution >= 4 is 23.0 Å². The number of fused-ring (bicyclic) bond motifs is 2. The number of ether oxygens (including phenoxy) is 2. The van der Waals surface area contributed by atoms with Crippen molar-refractivity contribution < 1.29 is 19.1 Å². The number of aromatic nitrogens is 2. The zero-order chi connectivity index (χ0) is 20.4. The molecule has 0 radical (unpaired) electrons. The Morgan fingerprint density at radius 3 is 2.62 bits per heavy atom. The molecule has 8 nitrogen and oxygen atoms in total. The molecule has 3 aromatic rings. The Morgan fingerprint density at radius 1 is 1.10 bits per heavy atom. The van der Waals surface area contributed by atoms with E-state index in [4.69, 9.17) is 9.47 Å². The minimum atomic E-state index is -0.399. The maximum absolute atomic E-state index is 13.0. The summed E-state index contributed by atoms with van der Waals surface area (Å²) in [5.41, 5.74) is 1.32.